The average molecular weight is 356 g/mol. The smallest absolute Gasteiger partial charge is 0.265 e. The molecule has 0 spiro atoms. The van der Waals surface area contributed by atoms with Crippen molar-refractivity contribution < 1.29 is 14.3 Å². The normalized spacial score (nSPS) is 15.8. The van der Waals surface area contributed by atoms with Crippen molar-refractivity contribution in [3.8, 4) is 5.75 Å². The number of fused-ring (bicyclic) bond motifs is 1. The van der Waals surface area contributed by atoms with Gasteiger partial charge in [-0.15, -0.1) is 11.8 Å². The number of thioether (sulfide) groups is 1. The van der Waals surface area contributed by atoms with Gasteiger partial charge < -0.3 is 15.4 Å². The highest BCUT2D eigenvalue weighted by molar-refractivity contribution is 8.00. The van der Waals surface area contributed by atoms with Gasteiger partial charge in [0, 0.05) is 10.6 Å². The molecule has 25 heavy (non-hydrogen) atoms. The molecule has 5 nitrogen and oxygen atoms in total. The molecule has 2 N–H and O–H groups in total. The van der Waals surface area contributed by atoms with Crippen molar-refractivity contribution in [2.45, 2.75) is 31.8 Å². The van der Waals surface area contributed by atoms with E-state index >= 15 is 0 Å². The maximum Gasteiger partial charge on any atom is 0.265 e. The first-order valence-corrected chi connectivity index (χ1v) is 9.02. The van der Waals surface area contributed by atoms with E-state index in [2.05, 4.69) is 36.6 Å². The largest absolute Gasteiger partial charge is 0.479 e. The van der Waals surface area contributed by atoms with Crippen LogP contribution in [0.25, 0.3) is 0 Å². The van der Waals surface area contributed by atoms with Gasteiger partial charge in [-0.05, 0) is 62.2 Å². The number of carbonyl (C=O) groups excluding carboxylic acids is 2. The van der Waals surface area contributed by atoms with Crippen LogP contribution in [0.1, 0.15) is 18.1 Å². The first-order valence-electron chi connectivity index (χ1n) is 8.04. The fraction of sp³-hybridized carbons (Fsp3) is 0.263. The number of hydrogen-bond acceptors (Lipinski definition) is 4. The number of benzene rings is 2. The Morgan fingerprint density at radius 2 is 2.00 bits per heavy atom. The first kappa shape index (κ1) is 17.4. The molecule has 130 valence electrons. The van der Waals surface area contributed by atoms with E-state index in [0.717, 1.165) is 4.90 Å². The molecular formula is C19H20N2O3S. The van der Waals surface area contributed by atoms with Gasteiger partial charge >= 0.3 is 0 Å². The summed E-state index contributed by atoms with van der Waals surface area (Å²) < 4.78 is 5.50. The third kappa shape index (κ3) is 4.14. The number of aryl methyl sites for hydroxylation is 2. The van der Waals surface area contributed by atoms with Gasteiger partial charge in [-0.25, -0.2) is 0 Å². The highest BCUT2D eigenvalue weighted by atomic mass is 32.2. The molecule has 0 fully saturated rings. The maximum absolute atomic E-state index is 12.2. The van der Waals surface area contributed by atoms with Gasteiger partial charge in [0.1, 0.15) is 5.75 Å². The highest BCUT2D eigenvalue weighted by Crippen LogP contribution is 2.32. The van der Waals surface area contributed by atoms with Crippen LogP contribution in [0, 0.1) is 13.8 Å². The van der Waals surface area contributed by atoms with E-state index in [1.54, 1.807) is 25.1 Å². The topological polar surface area (TPSA) is 67.4 Å². The average Bonchev–Trinajstić information content (AvgIpc) is 2.57. The van der Waals surface area contributed by atoms with E-state index in [1.807, 2.05) is 6.07 Å². The van der Waals surface area contributed by atoms with Crippen LogP contribution >= 0.6 is 11.8 Å². The number of anilines is 2. The van der Waals surface area contributed by atoms with E-state index in [0.29, 0.717) is 22.9 Å². The fourth-order valence-electron chi connectivity index (χ4n) is 2.44. The zero-order valence-electron chi connectivity index (χ0n) is 14.4. The third-order valence-electron chi connectivity index (χ3n) is 4.04. The Bertz CT molecular complexity index is 835. The molecule has 1 aliphatic rings. The summed E-state index contributed by atoms with van der Waals surface area (Å²) in [5.41, 5.74) is 3.65. The molecule has 2 aromatic rings. The minimum absolute atomic E-state index is 0.0976. The highest BCUT2D eigenvalue weighted by Gasteiger charge is 2.23. The van der Waals surface area contributed by atoms with Crippen LogP contribution in [0.2, 0.25) is 0 Å². The van der Waals surface area contributed by atoms with Crippen molar-refractivity contribution in [3.63, 3.8) is 0 Å². The molecule has 0 saturated heterocycles. The van der Waals surface area contributed by atoms with Gasteiger partial charge in [0.15, 0.2) is 6.10 Å². The van der Waals surface area contributed by atoms with Crippen molar-refractivity contribution in [2.75, 3.05) is 16.4 Å². The molecule has 1 aliphatic heterocycles. The third-order valence-corrected chi connectivity index (χ3v) is 5.04. The molecule has 0 aliphatic carbocycles. The van der Waals surface area contributed by atoms with Crippen molar-refractivity contribution >= 4 is 35.0 Å². The molecule has 6 heteroatoms. The second kappa shape index (κ2) is 7.19. The minimum Gasteiger partial charge on any atom is -0.479 e. The van der Waals surface area contributed by atoms with E-state index in [9.17, 15) is 9.59 Å². The quantitative estimate of drug-likeness (QED) is 0.819. The number of rotatable bonds is 4. The Balaban J connectivity index is 1.60. The standard InChI is InChI=1S/C19H20N2O3S/c1-11-4-6-15(8-12(11)2)25-10-18(22)20-14-5-7-17-16(9-14)21-19(23)13(3)24-17/h4-9,13H,10H2,1-3H3,(H,20,22)(H,21,23)/t13-/m0/s1. The number of carbonyl (C=O) groups is 2. The van der Waals surface area contributed by atoms with E-state index in [1.165, 1.54) is 22.9 Å². The number of amides is 2. The lowest BCUT2D eigenvalue weighted by molar-refractivity contribution is -0.122. The lowest BCUT2D eigenvalue weighted by Gasteiger charge is -2.23. The molecule has 0 radical (unpaired) electrons. The Morgan fingerprint density at radius 1 is 1.20 bits per heavy atom. The van der Waals surface area contributed by atoms with Crippen molar-refractivity contribution in [2.24, 2.45) is 0 Å². The first-order chi connectivity index (χ1) is 11.9. The molecule has 3 rings (SSSR count). The van der Waals surface area contributed by atoms with Gasteiger partial charge in [-0.2, -0.15) is 0 Å². The molecular weight excluding hydrogens is 336 g/mol. The monoisotopic (exact) mass is 356 g/mol. The van der Waals surface area contributed by atoms with Crippen LogP contribution in [0.3, 0.4) is 0 Å². The molecule has 0 aromatic heterocycles. The summed E-state index contributed by atoms with van der Waals surface area (Å²) in [7, 11) is 0. The molecule has 2 aromatic carbocycles. The van der Waals surface area contributed by atoms with Crippen molar-refractivity contribution in [1.29, 1.82) is 0 Å². The van der Waals surface area contributed by atoms with Crippen LogP contribution in [0.15, 0.2) is 41.3 Å². The summed E-state index contributed by atoms with van der Waals surface area (Å²) >= 11 is 1.49. The van der Waals surface area contributed by atoms with Gasteiger partial charge in [0.05, 0.1) is 11.4 Å². The van der Waals surface area contributed by atoms with Crippen molar-refractivity contribution in [3.05, 3.63) is 47.5 Å². The SMILES string of the molecule is Cc1ccc(SCC(=O)Nc2ccc3c(c2)NC(=O)[C@H](C)O3)cc1C. The molecule has 0 unspecified atom stereocenters. The van der Waals surface area contributed by atoms with E-state index < -0.39 is 6.10 Å². The Labute approximate surface area is 151 Å². The van der Waals surface area contributed by atoms with Gasteiger partial charge in [-0.3, -0.25) is 9.59 Å². The molecule has 2 amide bonds. The lowest BCUT2D eigenvalue weighted by Crippen LogP contribution is -2.34. The summed E-state index contributed by atoms with van der Waals surface area (Å²) in [6.45, 7) is 5.82. The number of hydrogen-bond donors (Lipinski definition) is 2. The van der Waals surface area contributed by atoms with Gasteiger partial charge in [-0.1, -0.05) is 6.07 Å². The summed E-state index contributed by atoms with van der Waals surface area (Å²) in [5, 5.41) is 5.62. The predicted molar refractivity (Wildman–Crippen MR) is 100 cm³/mol. The van der Waals surface area contributed by atoms with Crippen LogP contribution in [-0.4, -0.2) is 23.7 Å². The fourth-order valence-corrected chi connectivity index (χ4v) is 3.23. The second-order valence-corrected chi connectivity index (χ2v) is 7.09. The number of ether oxygens (including phenoxy) is 1. The summed E-state index contributed by atoms with van der Waals surface area (Å²) in [6.07, 6.45) is -0.512. The molecule has 1 atom stereocenters. The summed E-state index contributed by atoms with van der Waals surface area (Å²) in [4.78, 5) is 24.9. The zero-order chi connectivity index (χ0) is 18.0. The van der Waals surface area contributed by atoms with E-state index in [-0.39, 0.29) is 11.8 Å². The maximum atomic E-state index is 12.2. The van der Waals surface area contributed by atoms with Crippen molar-refractivity contribution in [1.82, 2.24) is 0 Å². The van der Waals surface area contributed by atoms with Crippen LogP contribution in [0.5, 0.6) is 5.75 Å². The molecule has 0 bridgehead atoms. The molecule has 0 saturated carbocycles. The van der Waals surface area contributed by atoms with Crippen LogP contribution in [-0.2, 0) is 9.59 Å². The van der Waals surface area contributed by atoms with Crippen LogP contribution < -0.4 is 15.4 Å². The predicted octanol–water partition coefficient (Wildman–Crippen LogP) is 3.75. The van der Waals surface area contributed by atoms with Gasteiger partial charge in [0.2, 0.25) is 5.91 Å². The van der Waals surface area contributed by atoms with Gasteiger partial charge in [0.25, 0.3) is 5.91 Å². The van der Waals surface area contributed by atoms with E-state index in [4.69, 9.17) is 4.74 Å². The Hall–Kier alpha value is -2.47. The Kier molecular flexibility index (Phi) is 4.99. The second-order valence-electron chi connectivity index (χ2n) is 6.04. The summed E-state index contributed by atoms with van der Waals surface area (Å²) in [6, 6.07) is 11.4. The minimum atomic E-state index is -0.512. The number of nitrogens with one attached hydrogen (secondary N) is 2. The summed E-state index contributed by atoms with van der Waals surface area (Å²) in [5.74, 6) is 0.634. The Morgan fingerprint density at radius 3 is 2.76 bits per heavy atom. The molecule has 1 heterocycles. The zero-order valence-corrected chi connectivity index (χ0v) is 15.2. The lowest BCUT2D eigenvalue weighted by atomic mass is 10.1. The van der Waals surface area contributed by atoms with Crippen LogP contribution in [0.4, 0.5) is 11.4 Å².